The van der Waals surface area contributed by atoms with Gasteiger partial charge in [-0.2, -0.15) is 5.26 Å². The molecule has 1 heterocycles. The van der Waals surface area contributed by atoms with E-state index in [1.54, 1.807) is 0 Å². The van der Waals surface area contributed by atoms with Crippen LogP contribution in [0.3, 0.4) is 0 Å². The third-order valence-electron chi connectivity index (χ3n) is 6.87. The minimum atomic E-state index is -0.397. The monoisotopic (exact) mass is 341 g/mol. The third kappa shape index (κ3) is 3.33. The molecule has 0 aliphatic heterocycles. The van der Waals surface area contributed by atoms with Crippen molar-refractivity contribution in [2.75, 3.05) is 7.05 Å². The molecular weight excluding hydrogens is 310 g/mol. The molecule has 3 aliphatic rings. The summed E-state index contributed by atoms with van der Waals surface area (Å²) in [6, 6.07) is 3.48. The van der Waals surface area contributed by atoms with Crippen LogP contribution < -0.4 is 0 Å². The van der Waals surface area contributed by atoms with Gasteiger partial charge in [-0.1, -0.05) is 43.7 Å². The predicted octanol–water partition coefficient (Wildman–Crippen LogP) is 4.18. The minimum Gasteiger partial charge on any atom is -0.294 e. The van der Waals surface area contributed by atoms with Crippen molar-refractivity contribution in [2.24, 2.45) is 5.92 Å². The second kappa shape index (κ2) is 7.07. The highest BCUT2D eigenvalue weighted by Gasteiger charge is 2.47. The largest absolute Gasteiger partial charge is 0.294 e. The molecule has 3 saturated carbocycles. The molecule has 3 fully saturated rings. The maximum absolute atomic E-state index is 9.47. The topological polar surface area (TPSA) is 57.7 Å². The summed E-state index contributed by atoms with van der Waals surface area (Å²) >= 11 is 0. The van der Waals surface area contributed by atoms with Gasteiger partial charge in [0.1, 0.15) is 5.69 Å². The van der Waals surface area contributed by atoms with Crippen LogP contribution in [-0.2, 0) is 5.54 Å². The summed E-state index contributed by atoms with van der Waals surface area (Å²) in [4.78, 5) is 2.62. The lowest BCUT2D eigenvalue weighted by Crippen LogP contribution is -2.40. The van der Waals surface area contributed by atoms with Crippen LogP contribution >= 0.6 is 0 Å². The number of nitriles is 1. The van der Waals surface area contributed by atoms with E-state index in [-0.39, 0.29) is 0 Å². The Morgan fingerprint density at radius 2 is 1.76 bits per heavy atom. The van der Waals surface area contributed by atoms with Crippen molar-refractivity contribution in [3.63, 3.8) is 0 Å². The Labute approximate surface area is 151 Å². The van der Waals surface area contributed by atoms with Gasteiger partial charge in [0.05, 0.1) is 18.3 Å². The van der Waals surface area contributed by atoms with Gasteiger partial charge in [-0.05, 0) is 51.5 Å². The molecule has 25 heavy (non-hydrogen) atoms. The quantitative estimate of drug-likeness (QED) is 0.806. The van der Waals surface area contributed by atoms with Gasteiger partial charge in [0.25, 0.3) is 0 Å². The smallest absolute Gasteiger partial charge is 0.150 e. The average molecular weight is 342 g/mol. The molecule has 136 valence electrons. The molecule has 5 nitrogen and oxygen atoms in total. The zero-order valence-electron chi connectivity index (χ0n) is 15.5. The number of nitrogens with zero attached hydrogens (tertiary/aromatic N) is 5. The lowest BCUT2D eigenvalue weighted by molar-refractivity contribution is 0.0786. The van der Waals surface area contributed by atoms with Gasteiger partial charge in [0.15, 0.2) is 5.54 Å². The van der Waals surface area contributed by atoms with E-state index in [9.17, 15) is 5.26 Å². The second-order valence-corrected chi connectivity index (χ2v) is 8.53. The van der Waals surface area contributed by atoms with Gasteiger partial charge in [-0.25, -0.2) is 4.68 Å². The Bertz CT molecular complexity index is 614. The fraction of sp³-hybridized carbons (Fsp3) is 0.850. The SMILES string of the molecule is CN(C1CCCCC1)[C@H](c1cn(C2(C#N)CC2)nn1)C1CCCCC1. The number of hydrogen-bond donors (Lipinski definition) is 0. The highest BCUT2D eigenvalue weighted by Crippen LogP contribution is 2.44. The van der Waals surface area contributed by atoms with E-state index < -0.39 is 5.54 Å². The van der Waals surface area contributed by atoms with E-state index in [0.717, 1.165) is 18.5 Å². The average Bonchev–Trinajstić information content (AvgIpc) is 3.33. The summed E-state index contributed by atoms with van der Waals surface area (Å²) in [5.74, 6) is 0.683. The molecule has 0 amide bonds. The summed E-state index contributed by atoms with van der Waals surface area (Å²) in [7, 11) is 2.31. The molecule has 1 atom stereocenters. The molecule has 3 aliphatic carbocycles. The Kier molecular flexibility index (Phi) is 4.82. The molecule has 0 saturated heterocycles. The van der Waals surface area contributed by atoms with Crippen molar-refractivity contribution in [2.45, 2.75) is 94.7 Å². The molecule has 4 rings (SSSR count). The molecule has 0 radical (unpaired) electrons. The van der Waals surface area contributed by atoms with Crippen LogP contribution in [0.4, 0.5) is 0 Å². The molecule has 0 unspecified atom stereocenters. The number of hydrogen-bond acceptors (Lipinski definition) is 4. The van der Waals surface area contributed by atoms with Crippen LogP contribution in [-0.4, -0.2) is 33.0 Å². The van der Waals surface area contributed by atoms with E-state index in [1.807, 2.05) is 4.68 Å². The molecule has 5 heteroatoms. The van der Waals surface area contributed by atoms with Crippen molar-refractivity contribution in [3.05, 3.63) is 11.9 Å². The first-order valence-corrected chi connectivity index (χ1v) is 10.3. The zero-order valence-corrected chi connectivity index (χ0v) is 15.5. The van der Waals surface area contributed by atoms with E-state index in [0.29, 0.717) is 18.0 Å². The Balaban J connectivity index is 1.59. The van der Waals surface area contributed by atoms with Gasteiger partial charge < -0.3 is 0 Å². The summed E-state index contributed by atoms with van der Waals surface area (Å²) in [6.45, 7) is 0. The number of aromatic nitrogens is 3. The Morgan fingerprint density at radius 1 is 1.12 bits per heavy atom. The van der Waals surface area contributed by atoms with Gasteiger partial charge >= 0.3 is 0 Å². The predicted molar refractivity (Wildman–Crippen MR) is 96.8 cm³/mol. The van der Waals surface area contributed by atoms with Crippen LogP contribution in [0.1, 0.15) is 88.8 Å². The second-order valence-electron chi connectivity index (χ2n) is 8.53. The fourth-order valence-electron chi connectivity index (χ4n) is 5.08. The fourth-order valence-corrected chi connectivity index (χ4v) is 5.08. The normalized spacial score (nSPS) is 25.6. The molecule has 0 N–H and O–H groups in total. The first-order valence-electron chi connectivity index (χ1n) is 10.3. The first kappa shape index (κ1) is 17.0. The van der Waals surface area contributed by atoms with E-state index in [2.05, 4.69) is 34.5 Å². The molecule has 0 aromatic carbocycles. The maximum atomic E-state index is 9.47. The highest BCUT2D eigenvalue weighted by atomic mass is 15.5. The van der Waals surface area contributed by atoms with E-state index in [4.69, 9.17) is 0 Å². The maximum Gasteiger partial charge on any atom is 0.150 e. The van der Waals surface area contributed by atoms with Crippen molar-refractivity contribution >= 4 is 0 Å². The molecule has 0 bridgehead atoms. The molecule has 1 aromatic rings. The lowest BCUT2D eigenvalue weighted by Gasteiger charge is -2.41. The van der Waals surface area contributed by atoms with Gasteiger partial charge in [-0.3, -0.25) is 4.90 Å². The van der Waals surface area contributed by atoms with Crippen molar-refractivity contribution in [1.82, 2.24) is 19.9 Å². The van der Waals surface area contributed by atoms with Crippen molar-refractivity contribution in [1.29, 1.82) is 5.26 Å². The van der Waals surface area contributed by atoms with Gasteiger partial charge in [-0.15, -0.1) is 5.10 Å². The zero-order chi connectivity index (χ0) is 17.3. The van der Waals surface area contributed by atoms with Crippen molar-refractivity contribution < 1.29 is 0 Å². The third-order valence-corrected chi connectivity index (χ3v) is 6.87. The van der Waals surface area contributed by atoms with Crippen LogP contribution in [0.2, 0.25) is 0 Å². The molecule has 0 spiro atoms. The highest BCUT2D eigenvalue weighted by molar-refractivity contribution is 5.17. The van der Waals surface area contributed by atoms with Gasteiger partial charge in [0.2, 0.25) is 0 Å². The summed E-state index contributed by atoms with van der Waals surface area (Å²) in [6.07, 6.45) is 17.3. The molecular formula is C20H31N5. The summed E-state index contributed by atoms with van der Waals surface area (Å²) in [5.41, 5.74) is 0.702. The Morgan fingerprint density at radius 3 is 2.36 bits per heavy atom. The van der Waals surface area contributed by atoms with Crippen LogP contribution in [0.25, 0.3) is 0 Å². The van der Waals surface area contributed by atoms with Crippen LogP contribution in [0.5, 0.6) is 0 Å². The minimum absolute atomic E-state index is 0.367. The Hall–Kier alpha value is -1.41. The standard InChI is InChI=1S/C20H31N5/c1-24(17-10-6-3-7-11-17)19(16-8-4-2-5-9-16)18-14-25(23-22-18)20(15-21)12-13-20/h14,16-17,19H,2-13H2,1H3/t19-/m0/s1. The van der Waals surface area contributed by atoms with Gasteiger partial charge in [0, 0.05) is 6.04 Å². The summed E-state index contributed by atoms with van der Waals surface area (Å²) < 4.78 is 1.85. The van der Waals surface area contributed by atoms with Crippen LogP contribution in [0.15, 0.2) is 6.20 Å². The molecule has 1 aromatic heterocycles. The van der Waals surface area contributed by atoms with Crippen molar-refractivity contribution in [3.8, 4) is 6.07 Å². The van der Waals surface area contributed by atoms with E-state index >= 15 is 0 Å². The van der Waals surface area contributed by atoms with E-state index in [1.165, 1.54) is 64.2 Å². The lowest BCUT2D eigenvalue weighted by atomic mass is 9.81. The summed E-state index contributed by atoms with van der Waals surface area (Å²) in [5, 5.41) is 18.4. The first-order chi connectivity index (χ1) is 12.2. The van der Waals surface area contributed by atoms with Crippen LogP contribution in [0, 0.1) is 17.2 Å². The number of rotatable bonds is 5.